The standard InChI is InChI=1S/C10H19N3OS2/c1-3-5-11-10(2,7-14)4-6-15-9-13-12-8-16-9/h8,11,14H,3-7H2,1-2H3. The van der Waals surface area contributed by atoms with Crippen LogP contribution in [-0.2, 0) is 0 Å². The third-order valence-electron chi connectivity index (χ3n) is 2.37. The number of aliphatic hydroxyl groups is 1. The van der Waals surface area contributed by atoms with E-state index in [1.54, 1.807) is 28.6 Å². The Hall–Kier alpha value is -0.170. The van der Waals surface area contributed by atoms with Gasteiger partial charge in [0, 0.05) is 11.3 Å². The van der Waals surface area contributed by atoms with Crippen molar-refractivity contribution in [3.05, 3.63) is 5.51 Å². The predicted molar refractivity (Wildman–Crippen MR) is 69.0 cm³/mol. The molecule has 1 heterocycles. The second kappa shape index (κ2) is 7.21. The molecule has 0 amide bonds. The van der Waals surface area contributed by atoms with Crippen molar-refractivity contribution >= 4 is 23.1 Å². The van der Waals surface area contributed by atoms with E-state index in [-0.39, 0.29) is 12.1 Å². The molecule has 0 aliphatic rings. The molecule has 2 N–H and O–H groups in total. The highest BCUT2D eigenvalue weighted by molar-refractivity contribution is 8.00. The van der Waals surface area contributed by atoms with Crippen LogP contribution >= 0.6 is 23.1 Å². The first-order valence-corrected chi connectivity index (χ1v) is 7.31. The van der Waals surface area contributed by atoms with Gasteiger partial charge >= 0.3 is 0 Å². The van der Waals surface area contributed by atoms with Gasteiger partial charge in [-0.25, -0.2) is 0 Å². The molecule has 0 radical (unpaired) electrons. The third kappa shape index (κ3) is 4.78. The lowest BCUT2D eigenvalue weighted by atomic mass is 10.0. The zero-order valence-electron chi connectivity index (χ0n) is 9.77. The van der Waals surface area contributed by atoms with E-state index in [2.05, 4.69) is 29.4 Å². The Kier molecular flexibility index (Phi) is 6.26. The zero-order valence-corrected chi connectivity index (χ0v) is 11.4. The van der Waals surface area contributed by atoms with Crippen LogP contribution in [0.4, 0.5) is 0 Å². The zero-order chi connectivity index (χ0) is 11.9. The summed E-state index contributed by atoms with van der Waals surface area (Å²) in [4.78, 5) is 0. The van der Waals surface area contributed by atoms with Crippen molar-refractivity contribution in [3.63, 3.8) is 0 Å². The lowest BCUT2D eigenvalue weighted by Gasteiger charge is -2.28. The van der Waals surface area contributed by atoms with Crippen LogP contribution in [0.1, 0.15) is 26.7 Å². The van der Waals surface area contributed by atoms with Gasteiger partial charge in [-0.15, -0.1) is 10.2 Å². The normalized spacial score (nSPS) is 14.9. The Morgan fingerprint density at radius 2 is 2.44 bits per heavy atom. The van der Waals surface area contributed by atoms with Crippen LogP contribution in [0.2, 0.25) is 0 Å². The van der Waals surface area contributed by atoms with Gasteiger partial charge in [0.2, 0.25) is 0 Å². The second-order valence-corrected chi connectivity index (χ2v) is 6.12. The van der Waals surface area contributed by atoms with Gasteiger partial charge in [0.15, 0.2) is 4.34 Å². The van der Waals surface area contributed by atoms with Gasteiger partial charge in [0.1, 0.15) is 5.51 Å². The summed E-state index contributed by atoms with van der Waals surface area (Å²) in [5.41, 5.74) is 1.57. The first kappa shape index (κ1) is 13.9. The van der Waals surface area contributed by atoms with Gasteiger partial charge in [0.25, 0.3) is 0 Å². The second-order valence-electron chi connectivity index (χ2n) is 3.95. The average molecular weight is 261 g/mol. The number of aromatic nitrogens is 2. The molecule has 0 spiro atoms. The maximum atomic E-state index is 9.37. The van der Waals surface area contributed by atoms with Crippen LogP contribution in [0.15, 0.2) is 9.85 Å². The van der Waals surface area contributed by atoms with E-state index in [1.165, 1.54) is 0 Å². The monoisotopic (exact) mass is 261 g/mol. The molecule has 4 nitrogen and oxygen atoms in total. The van der Waals surface area contributed by atoms with Gasteiger partial charge in [-0.2, -0.15) is 0 Å². The molecule has 1 unspecified atom stereocenters. The molecule has 92 valence electrons. The molecule has 0 saturated carbocycles. The number of nitrogens with one attached hydrogen (secondary N) is 1. The minimum atomic E-state index is -0.173. The first-order valence-electron chi connectivity index (χ1n) is 5.45. The van der Waals surface area contributed by atoms with E-state index in [0.717, 1.165) is 29.5 Å². The summed E-state index contributed by atoms with van der Waals surface area (Å²) in [5.74, 6) is 0.947. The maximum absolute atomic E-state index is 9.37. The highest BCUT2D eigenvalue weighted by Gasteiger charge is 2.21. The van der Waals surface area contributed by atoms with Crippen molar-refractivity contribution in [1.82, 2.24) is 15.5 Å². The predicted octanol–water partition coefficient (Wildman–Crippen LogP) is 1.77. The van der Waals surface area contributed by atoms with Gasteiger partial charge in [-0.1, -0.05) is 30.0 Å². The third-order valence-corrected chi connectivity index (χ3v) is 4.23. The van der Waals surface area contributed by atoms with E-state index in [0.29, 0.717) is 0 Å². The molecule has 0 fully saturated rings. The van der Waals surface area contributed by atoms with Gasteiger partial charge in [0.05, 0.1) is 6.61 Å². The number of thioether (sulfide) groups is 1. The van der Waals surface area contributed by atoms with Crippen molar-refractivity contribution in [2.45, 2.75) is 36.6 Å². The lowest BCUT2D eigenvalue weighted by Crippen LogP contribution is -2.46. The molecule has 6 heteroatoms. The molecule has 1 atom stereocenters. The summed E-state index contributed by atoms with van der Waals surface area (Å²) in [6.07, 6.45) is 2.01. The number of aliphatic hydroxyl groups excluding tert-OH is 1. The molecular formula is C10H19N3OS2. The van der Waals surface area contributed by atoms with Crippen LogP contribution in [0, 0.1) is 0 Å². The minimum absolute atomic E-state index is 0.170. The van der Waals surface area contributed by atoms with Crippen molar-refractivity contribution in [1.29, 1.82) is 0 Å². The molecule has 1 aromatic heterocycles. The van der Waals surface area contributed by atoms with Crippen molar-refractivity contribution in [2.24, 2.45) is 0 Å². The molecule has 1 aromatic rings. The Bertz CT molecular complexity index is 282. The van der Waals surface area contributed by atoms with E-state index in [1.807, 2.05) is 0 Å². The van der Waals surface area contributed by atoms with Gasteiger partial charge in [-0.05, 0) is 26.3 Å². The van der Waals surface area contributed by atoms with Crippen molar-refractivity contribution in [2.75, 3.05) is 18.9 Å². The first-order chi connectivity index (χ1) is 7.70. The molecule has 0 aliphatic heterocycles. The summed E-state index contributed by atoms with van der Waals surface area (Å²) in [5, 5.41) is 20.5. The fourth-order valence-corrected chi connectivity index (χ4v) is 3.00. The number of rotatable bonds is 8. The average Bonchev–Trinajstić information content (AvgIpc) is 2.79. The molecule has 0 aliphatic carbocycles. The maximum Gasteiger partial charge on any atom is 0.174 e. The molecule has 0 saturated heterocycles. The minimum Gasteiger partial charge on any atom is -0.394 e. The molecule has 1 rings (SSSR count). The quantitative estimate of drug-likeness (QED) is 0.699. The SMILES string of the molecule is CCCNC(C)(CO)CCSc1nncs1. The summed E-state index contributed by atoms with van der Waals surface area (Å²) in [6.45, 7) is 5.30. The van der Waals surface area contributed by atoms with Crippen LogP contribution in [0.5, 0.6) is 0 Å². The molecule has 0 aromatic carbocycles. The van der Waals surface area contributed by atoms with Crippen LogP contribution in [0.25, 0.3) is 0 Å². The molecule has 16 heavy (non-hydrogen) atoms. The largest absolute Gasteiger partial charge is 0.394 e. The van der Waals surface area contributed by atoms with Crippen LogP contribution in [-0.4, -0.2) is 39.7 Å². The van der Waals surface area contributed by atoms with E-state index < -0.39 is 0 Å². The lowest BCUT2D eigenvalue weighted by molar-refractivity contribution is 0.171. The van der Waals surface area contributed by atoms with Crippen LogP contribution < -0.4 is 5.32 Å². The Balaban J connectivity index is 2.27. The highest BCUT2D eigenvalue weighted by Crippen LogP contribution is 2.22. The fourth-order valence-electron chi connectivity index (χ4n) is 1.24. The van der Waals surface area contributed by atoms with Crippen molar-refractivity contribution in [3.8, 4) is 0 Å². The van der Waals surface area contributed by atoms with Crippen LogP contribution in [0.3, 0.4) is 0 Å². The number of hydrogen-bond donors (Lipinski definition) is 2. The Labute approximate surface area is 105 Å². The van der Waals surface area contributed by atoms with Gasteiger partial charge in [-0.3, -0.25) is 0 Å². The molecular weight excluding hydrogens is 242 g/mol. The summed E-state index contributed by atoms with van der Waals surface area (Å²) in [6, 6.07) is 0. The molecule has 0 bridgehead atoms. The Morgan fingerprint density at radius 1 is 1.62 bits per heavy atom. The van der Waals surface area contributed by atoms with Gasteiger partial charge < -0.3 is 10.4 Å². The Morgan fingerprint density at radius 3 is 3.00 bits per heavy atom. The summed E-state index contributed by atoms with van der Waals surface area (Å²) < 4.78 is 0.996. The number of hydrogen-bond acceptors (Lipinski definition) is 6. The topological polar surface area (TPSA) is 58.0 Å². The van der Waals surface area contributed by atoms with E-state index in [9.17, 15) is 5.11 Å². The summed E-state index contributed by atoms with van der Waals surface area (Å²) >= 11 is 3.25. The fraction of sp³-hybridized carbons (Fsp3) is 0.800. The van der Waals surface area contributed by atoms with E-state index in [4.69, 9.17) is 0 Å². The van der Waals surface area contributed by atoms with E-state index >= 15 is 0 Å². The summed E-state index contributed by atoms with van der Waals surface area (Å²) in [7, 11) is 0. The highest BCUT2D eigenvalue weighted by atomic mass is 32.2. The number of nitrogens with zero attached hydrogens (tertiary/aromatic N) is 2. The van der Waals surface area contributed by atoms with Crippen molar-refractivity contribution < 1.29 is 5.11 Å². The smallest absolute Gasteiger partial charge is 0.174 e.